The van der Waals surface area contributed by atoms with Crippen molar-refractivity contribution in [3.8, 4) is 21.8 Å². The molecule has 0 saturated heterocycles. The Labute approximate surface area is 145 Å². The van der Waals surface area contributed by atoms with Crippen LogP contribution in [0.3, 0.4) is 0 Å². The van der Waals surface area contributed by atoms with Crippen molar-refractivity contribution in [1.29, 1.82) is 0 Å². The molecule has 3 aromatic rings. The second-order valence-electron chi connectivity index (χ2n) is 5.36. The second-order valence-corrected chi connectivity index (χ2v) is 6.56. The monoisotopic (exact) mass is 334 g/mol. The van der Waals surface area contributed by atoms with Crippen LogP contribution in [0.4, 0.5) is 5.69 Å². The number of nitrogens with zero attached hydrogens (tertiary/aromatic N) is 1. The van der Waals surface area contributed by atoms with Gasteiger partial charge >= 0.3 is 0 Å². The van der Waals surface area contributed by atoms with E-state index in [1.807, 2.05) is 49.4 Å². The van der Waals surface area contributed by atoms with E-state index >= 15 is 0 Å². The predicted octanol–water partition coefficient (Wildman–Crippen LogP) is 5.30. The van der Waals surface area contributed by atoms with E-state index in [0.717, 1.165) is 27.5 Å². The molecule has 0 unspecified atom stereocenters. The number of thiazole rings is 1. The molecular formula is C20H18N2OS. The third kappa shape index (κ3) is 3.60. The number of rotatable bonds is 4. The fourth-order valence-electron chi connectivity index (χ4n) is 2.42. The van der Waals surface area contributed by atoms with E-state index in [1.165, 1.54) is 11.0 Å². The van der Waals surface area contributed by atoms with Crippen LogP contribution in [0.2, 0.25) is 0 Å². The average molecular weight is 334 g/mol. The molecular weight excluding hydrogens is 316 g/mol. The van der Waals surface area contributed by atoms with E-state index in [0.29, 0.717) is 0 Å². The highest BCUT2D eigenvalue weighted by Crippen LogP contribution is 2.33. The second kappa shape index (κ2) is 7.23. The summed E-state index contributed by atoms with van der Waals surface area (Å²) in [5, 5.41) is 3.85. The van der Waals surface area contributed by atoms with Crippen molar-refractivity contribution in [2.24, 2.45) is 0 Å². The van der Waals surface area contributed by atoms with Crippen LogP contribution in [0.15, 0.2) is 66.7 Å². The first-order valence-corrected chi connectivity index (χ1v) is 8.56. The normalized spacial score (nSPS) is 10.9. The molecule has 0 fully saturated rings. The summed E-state index contributed by atoms with van der Waals surface area (Å²) in [5.74, 6) is -0.124. The van der Waals surface area contributed by atoms with Gasteiger partial charge in [0.1, 0.15) is 5.01 Å². The van der Waals surface area contributed by atoms with E-state index in [9.17, 15) is 4.79 Å². The van der Waals surface area contributed by atoms with E-state index in [2.05, 4.69) is 24.4 Å². The van der Waals surface area contributed by atoms with Gasteiger partial charge in [0, 0.05) is 21.7 Å². The molecule has 0 spiro atoms. The van der Waals surface area contributed by atoms with Crippen molar-refractivity contribution >= 4 is 22.9 Å². The third-order valence-electron chi connectivity index (χ3n) is 3.56. The minimum atomic E-state index is -0.124. The van der Waals surface area contributed by atoms with Gasteiger partial charge in [-0.2, -0.15) is 0 Å². The molecule has 3 rings (SSSR count). The quantitative estimate of drug-likeness (QED) is 0.658. The molecule has 2 aromatic carbocycles. The van der Waals surface area contributed by atoms with E-state index in [4.69, 9.17) is 4.98 Å². The van der Waals surface area contributed by atoms with Gasteiger partial charge in [-0.25, -0.2) is 4.98 Å². The number of amides is 1. The zero-order valence-corrected chi connectivity index (χ0v) is 14.4. The molecule has 0 saturated carbocycles. The number of hydrogen-bond acceptors (Lipinski definition) is 3. The van der Waals surface area contributed by atoms with Crippen LogP contribution in [-0.2, 0) is 4.79 Å². The highest BCUT2D eigenvalue weighted by molar-refractivity contribution is 7.15. The Hall–Kier alpha value is -2.72. The first kappa shape index (κ1) is 16.1. The molecule has 4 heteroatoms. The maximum Gasteiger partial charge on any atom is 0.248 e. The molecule has 3 nitrogen and oxygen atoms in total. The van der Waals surface area contributed by atoms with Gasteiger partial charge in [-0.15, -0.1) is 11.3 Å². The largest absolute Gasteiger partial charge is 0.323 e. The topological polar surface area (TPSA) is 42.0 Å². The average Bonchev–Trinajstić information content (AvgIpc) is 2.98. The first-order valence-electron chi connectivity index (χ1n) is 7.74. The van der Waals surface area contributed by atoms with Crippen molar-refractivity contribution in [3.63, 3.8) is 0 Å². The molecule has 24 heavy (non-hydrogen) atoms. The zero-order valence-electron chi connectivity index (χ0n) is 13.6. The maximum absolute atomic E-state index is 11.6. The summed E-state index contributed by atoms with van der Waals surface area (Å²) in [6, 6.07) is 18.0. The highest BCUT2D eigenvalue weighted by Gasteiger charge is 2.11. The van der Waals surface area contributed by atoms with Crippen LogP contribution in [-0.4, -0.2) is 10.9 Å². The number of aryl methyl sites for hydroxylation is 1. The Morgan fingerprint density at radius 3 is 2.42 bits per heavy atom. The number of carbonyl (C=O) groups is 1. The Bertz CT molecular complexity index is 864. The summed E-state index contributed by atoms with van der Waals surface area (Å²) >= 11 is 1.69. The zero-order chi connectivity index (χ0) is 16.9. The van der Waals surface area contributed by atoms with Crippen LogP contribution in [0, 0.1) is 6.92 Å². The molecule has 0 aliphatic rings. The number of carbonyl (C=O) groups excluding carboxylic acids is 1. The lowest BCUT2D eigenvalue weighted by atomic mass is 10.1. The Morgan fingerprint density at radius 1 is 1.04 bits per heavy atom. The molecule has 0 aliphatic carbocycles. The molecule has 0 aliphatic heterocycles. The van der Waals surface area contributed by atoms with Crippen LogP contribution < -0.4 is 5.32 Å². The highest BCUT2D eigenvalue weighted by atomic mass is 32.1. The van der Waals surface area contributed by atoms with Crippen molar-refractivity contribution < 1.29 is 4.79 Å². The van der Waals surface area contributed by atoms with Gasteiger partial charge in [0.15, 0.2) is 0 Å². The number of anilines is 1. The summed E-state index contributed by atoms with van der Waals surface area (Å²) in [4.78, 5) is 17.5. The predicted molar refractivity (Wildman–Crippen MR) is 101 cm³/mol. The SMILES string of the molecule is C/C=C/C(=O)Nc1ccc(-c2nc(-c3ccccc3)sc2C)cc1. The lowest BCUT2D eigenvalue weighted by Gasteiger charge is -2.04. The fourth-order valence-corrected chi connectivity index (χ4v) is 3.36. The number of aromatic nitrogens is 1. The van der Waals surface area contributed by atoms with Gasteiger partial charge in [-0.3, -0.25) is 4.79 Å². The van der Waals surface area contributed by atoms with Crippen LogP contribution in [0.5, 0.6) is 0 Å². The number of hydrogen-bond donors (Lipinski definition) is 1. The molecule has 1 heterocycles. The van der Waals surface area contributed by atoms with Crippen LogP contribution in [0.25, 0.3) is 21.8 Å². The molecule has 120 valence electrons. The minimum absolute atomic E-state index is 0.124. The van der Waals surface area contributed by atoms with E-state index in [-0.39, 0.29) is 5.91 Å². The first-order chi connectivity index (χ1) is 11.7. The van der Waals surface area contributed by atoms with Gasteiger partial charge < -0.3 is 5.32 Å². The third-order valence-corrected chi connectivity index (χ3v) is 4.58. The van der Waals surface area contributed by atoms with Gasteiger partial charge in [0.05, 0.1) is 5.69 Å². The summed E-state index contributed by atoms with van der Waals surface area (Å²) in [7, 11) is 0. The van der Waals surface area contributed by atoms with Crippen molar-refractivity contribution in [1.82, 2.24) is 4.98 Å². The number of allylic oxidation sites excluding steroid dienone is 1. The van der Waals surface area contributed by atoms with Gasteiger partial charge in [0.25, 0.3) is 0 Å². The molecule has 0 atom stereocenters. The lowest BCUT2D eigenvalue weighted by Crippen LogP contribution is -2.07. The van der Waals surface area contributed by atoms with Gasteiger partial charge in [-0.1, -0.05) is 48.5 Å². The summed E-state index contributed by atoms with van der Waals surface area (Å²) in [5.41, 5.74) is 3.95. The molecule has 0 bridgehead atoms. The molecule has 1 N–H and O–H groups in total. The standard InChI is InChI=1S/C20H18N2OS/c1-3-7-18(23)21-17-12-10-15(11-13-17)19-14(2)24-20(22-19)16-8-5-4-6-9-16/h3-13H,1-2H3,(H,21,23)/b7-3+. The fraction of sp³-hybridized carbons (Fsp3) is 0.100. The van der Waals surface area contributed by atoms with Crippen LogP contribution >= 0.6 is 11.3 Å². The number of benzene rings is 2. The number of nitrogens with one attached hydrogen (secondary N) is 1. The molecule has 1 aromatic heterocycles. The van der Waals surface area contributed by atoms with Crippen LogP contribution in [0.1, 0.15) is 11.8 Å². The summed E-state index contributed by atoms with van der Waals surface area (Å²) in [6.45, 7) is 3.90. The van der Waals surface area contributed by atoms with Crippen molar-refractivity contribution in [2.45, 2.75) is 13.8 Å². The molecule has 0 radical (unpaired) electrons. The van der Waals surface area contributed by atoms with Gasteiger partial charge in [-0.05, 0) is 32.1 Å². The van der Waals surface area contributed by atoms with E-state index in [1.54, 1.807) is 17.4 Å². The molecule has 1 amide bonds. The smallest absolute Gasteiger partial charge is 0.248 e. The lowest BCUT2D eigenvalue weighted by molar-refractivity contribution is -0.111. The van der Waals surface area contributed by atoms with Gasteiger partial charge in [0.2, 0.25) is 5.91 Å². The Balaban J connectivity index is 1.85. The van der Waals surface area contributed by atoms with Crippen molar-refractivity contribution in [3.05, 3.63) is 71.6 Å². The Morgan fingerprint density at radius 2 is 1.75 bits per heavy atom. The minimum Gasteiger partial charge on any atom is -0.323 e. The summed E-state index contributed by atoms with van der Waals surface area (Å²) in [6.07, 6.45) is 3.22. The maximum atomic E-state index is 11.6. The summed E-state index contributed by atoms with van der Waals surface area (Å²) < 4.78 is 0. The van der Waals surface area contributed by atoms with E-state index < -0.39 is 0 Å². The Kier molecular flexibility index (Phi) is 4.87. The van der Waals surface area contributed by atoms with Crippen molar-refractivity contribution in [2.75, 3.05) is 5.32 Å².